The highest BCUT2D eigenvalue weighted by Crippen LogP contribution is 2.31. The van der Waals surface area contributed by atoms with Crippen LogP contribution in [0.5, 0.6) is 0 Å². The van der Waals surface area contributed by atoms with Crippen molar-refractivity contribution >= 4 is 18.3 Å². The average Bonchev–Trinajstić information content (AvgIpc) is 2.03. The first-order valence-corrected chi connectivity index (χ1v) is 5.12. The average molecular weight is 195 g/mol. The van der Waals surface area contributed by atoms with Crippen molar-refractivity contribution in [1.29, 1.82) is 0 Å². The Bertz CT molecular complexity index is 266. The summed E-state index contributed by atoms with van der Waals surface area (Å²) >= 11 is 4.39. The first kappa shape index (κ1) is 10.5. The molecule has 1 aromatic carbocycles. The molecule has 0 saturated carbocycles. The van der Waals surface area contributed by atoms with Gasteiger partial charge in [0.05, 0.1) is 0 Å². The molecular formula is C11H17NS. The van der Waals surface area contributed by atoms with E-state index in [2.05, 4.69) is 32.5 Å². The zero-order valence-corrected chi connectivity index (χ0v) is 9.31. The second-order valence-electron chi connectivity index (χ2n) is 3.68. The van der Waals surface area contributed by atoms with Gasteiger partial charge < -0.3 is 5.73 Å². The van der Waals surface area contributed by atoms with Crippen LogP contribution in [0, 0.1) is 0 Å². The molecule has 0 aromatic heterocycles. The molecule has 0 fully saturated rings. The number of hydrogen-bond donors (Lipinski definition) is 2. The van der Waals surface area contributed by atoms with Crippen LogP contribution in [0.25, 0.3) is 0 Å². The first-order valence-electron chi connectivity index (χ1n) is 4.60. The molecule has 0 amide bonds. The van der Waals surface area contributed by atoms with Gasteiger partial charge >= 0.3 is 0 Å². The summed E-state index contributed by atoms with van der Waals surface area (Å²) in [6.07, 6.45) is 0. The number of para-hydroxylation sites is 1. The van der Waals surface area contributed by atoms with Gasteiger partial charge in [0.2, 0.25) is 0 Å². The number of nitrogens with two attached hydrogens (primary N) is 1. The van der Waals surface area contributed by atoms with Gasteiger partial charge in [-0.25, -0.2) is 0 Å². The Hall–Kier alpha value is -0.630. The summed E-state index contributed by atoms with van der Waals surface area (Å²) in [4.78, 5) is 0. The van der Waals surface area contributed by atoms with Crippen LogP contribution in [-0.4, -0.2) is 0 Å². The Labute approximate surface area is 85.8 Å². The molecule has 72 valence electrons. The lowest BCUT2D eigenvalue weighted by molar-refractivity contribution is 0.866. The van der Waals surface area contributed by atoms with E-state index in [0.717, 1.165) is 11.3 Å². The molecule has 2 N–H and O–H groups in total. The van der Waals surface area contributed by atoms with E-state index in [1.807, 2.05) is 19.1 Å². The Morgan fingerprint density at radius 3 is 2.15 bits per heavy atom. The van der Waals surface area contributed by atoms with E-state index < -0.39 is 0 Å². The molecule has 0 saturated heterocycles. The van der Waals surface area contributed by atoms with Crippen molar-refractivity contribution in [3.63, 3.8) is 0 Å². The summed E-state index contributed by atoms with van der Waals surface area (Å²) in [7, 11) is 0. The van der Waals surface area contributed by atoms with Gasteiger partial charge in [0.25, 0.3) is 0 Å². The normalized spacial score (nSPS) is 13.3. The fraction of sp³-hybridized carbons (Fsp3) is 0.455. The van der Waals surface area contributed by atoms with Crippen molar-refractivity contribution in [1.82, 2.24) is 0 Å². The highest BCUT2D eigenvalue weighted by Gasteiger charge is 2.10. The maximum Gasteiger partial charge on any atom is 0.0392 e. The molecule has 1 aromatic rings. The smallest absolute Gasteiger partial charge is 0.0392 e. The molecule has 0 heterocycles. The zero-order chi connectivity index (χ0) is 10.0. The minimum atomic E-state index is 0.207. The van der Waals surface area contributed by atoms with E-state index in [1.54, 1.807) is 0 Å². The molecule has 2 heteroatoms. The van der Waals surface area contributed by atoms with Crippen LogP contribution < -0.4 is 5.73 Å². The van der Waals surface area contributed by atoms with Gasteiger partial charge in [-0.05, 0) is 24.0 Å². The Morgan fingerprint density at radius 2 is 1.69 bits per heavy atom. The monoisotopic (exact) mass is 195 g/mol. The summed E-state index contributed by atoms with van der Waals surface area (Å²) in [5.41, 5.74) is 9.29. The molecular weight excluding hydrogens is 178 g/mol. The molecule has 0 aliphatic rings. The standard InChI is InChI=1S/C11H17NS/c1-7(2)9-5-4-6-10(8(3)13)11(9)12/h4-8,13H,12H2,1-3H3. The van der Waals surface area contributed by atoms with Crippen LogP contribution in [0.3, 0.4) is 0 Å². The van der Waals surface area contributed by atoms with Crippen molar-refractivity contribution < 1.29 is 0 Å². The maximum atomic E-state index is 6.04. The van der Waals surface area contributed by atoms with Crippen LogP contribution >= 0.6 is 12.6 Å². The van der Waals surface area contributed by atoms with Crippen molar-refractivity contribution in [2.45, 2.75) is 31.9 Å². The van der Waals surface area contributed by atoms with Gasteiger partial charge in [-0.3, -0.25) is 0 Å². The molecule has 0 aliphatic heterocycles. The lowest BCUT2D eigenvalue weighted by Gasteiger charge is -2.15. The minimum absolute atomic E-state index is 0.207. The van der Waals surface area contributed by atoms with Crippen molar-refractivity contribution in [3.05, 3.63) is 29.3 Å². The molecule has 1 unspecified atom stereocenters. The van der Waals surface area contributed by atoms with E-state index in [9.17, 15) is 0 Å². The minimum Gasteiger partial charge on any atom is -0.398 e. The highest BCUT2D eigenvalue weighted by atomic mass is 32.1. The number of thiol groups is 1. The van der Waals surface area contributed by atoms with Gasteiger partial charge in [-0.15, -0.1) is 0 Å². The summed E-state index contributed by atoms with van der Waals surface area (Å²) in [5.74, 6) is 0.479. The molecule has 1 nitrogen and oxygen atoms in total. The van der Waals surface area contributed by atoms with E-state index in [-0.39, 0.29) is 5.25 Å². The topological polar surface area (TPSA) is 26.0 Å². The number of hydrogen-bond acceptors (Lipinski definition) is 2. The SMILES string of the molecule is CC(C)c1cccc(C(C)S)c1N. The van der Waals surface area contributed by atoms with Crippen molar-refractivity contribution in [2.24, 2.45) is 0 Å². The molecule has 0 radical (unpaired) electrons. The van der Waals surface area contributed by atoms with Crippen LogP contribution in [0.2, 0.25) is 0 Å². The third kappa shape index (κ3) is 2.19. The second-order valence-corrected chi connectivity index (χ2v) is 4.46. The number of nitrogen functional groups attached to an aromatic ring is 1. The maximum absolute atomic E-state index is 6.04. The summed E-state index contributed by atoms with van der Waals surface area (Å²) in [6, 6.07) is 6.17. The number of anilines is 1. The van der Waals surface area contributed by atoms with E-state index in [0.29, 0.717) is 5.92 Å². The third-order valence-electron chi connectivity index (χ3n) is 2.25. The Balaban J connectivity index is 3.18. The Kier molecular flexibility index (Phi) is 3.26. The van der Waals surface area contributed by atoms with Crippen LogP contribution in [0.4, 0.5) is 5.69 Å². The largest absolute Gasteiger partial charge is 0.398 e. The third-order valence-corrected chi connectivity index (χ3v) is 2.52. The fourth-order valence-electron chi connectivity index (χ4n) is 1.47. The van der Waals surface area contributed by atoms with E-state index in [1.165, 1.54) is 5.56 Å². The predicted molar refractivity (Wildman–Crippen MR) is 62.3 cm³/mol. The predicted octanol–water partition coefficient (Wildman–Crippen LogP) is 3.38. The van der Waals surface area contributed by atoms with Gasteiger partial charge in [0, 0.05) is 10.9 Å². The van der Waals surface area contributed by atoms with Crippen LogP contribution in [0.15, 0.2) is 18.2 Å². The summed E-state index contributed by atoms with van der Waals surface area (Å²) < 4.78 is 0. The quantitative estimate of drug-likeness (QED) is 0.549. The first-order chi connectivity index (χ1) is 6.04. The molecule has 0 aliphatic carbocycles. The molecule has 1 rings (SSSR count). The zero-order valence-electron chi connectivity index (χ0n) is 8.41. The summed E-state index contributed by atoms with van der Waals surface area (Å²) in [6.45, 7) is 6.34. The van der Waals surface area contributed by atoms with Gasteiger partial charge in [0.1, 0.15) is 0 Å². The molecule has 0 spiro atoms. The molecule has 0 bridgehead atoms. The summed E-state index contributed by atoms with van der Waals surface area (Å²) in [5, 5.41) is 0.207. The van der Waals surface area contributed by atoms with Crippen molar-refractivity contribution in [3.8, 4) is 0 Å². The van der Waals surface area contributed by atoms with Gasteiger partial charge in [-0.1, -0.05) is 32.0 Å². The number of rotatable bonds is 2. The lowest BCUT2D eigenvalue weighted by atomic mass is 9.97. The molecule has 13 heavy (non-hydrogen) atoms. The fourth-order valence-corrected chi connectivity index (χ4v) is 1.69. The number of benzene rings is 1. The van der Waals surface area contributed by atoms with Gasteiger partial charge in [-0.2, -0.15) is 12.6 Å². The lowest BCUT2D eigenvalue weighted by Crippen LogP contribution is -2.01. The van der Waals surface area contributed by atoms with Crippen LogP contribution in [0.1, 0.15) is 43.1 Å². The molecule has 1 atom stereocenters. The van der Waals surface area contributed by atoms with E-state index >= 15 is 0 Å². The van der Waals surface area contributed by atoms with Crippen molar-refractivity contribution in [2.75, 3.05) is 5.73 Å². The second kappa shape index (κ2) is 4.05. The highest BCUT2D eigenvalue weighted by molar-refractivity contribution is 7.80. The van der Waals surface area contributed by atoms with Gasteiger partial charge in [0.15, 0.2) is 0 Å². The Morgan fingerprint density at radius 1 is 1.15 bits per heavy atom. The van der Waals surface area contributed by atoms with E-state index in [4.69, 9.17) is 5.73 Å². The van der Waals surface area contributed by atoms with Crippen LogP contribution in [-0.2, 0) is 0 Å².